The molecule has 7 heteroatoms. The minimum absolute atomic E-state index is 0.0855. The molecule has 19 heavy (non-hydrogen) atoms. The van der Waals surface area contributed by atoms with Crippen LogP contribution in [-0.4, -0.2) is 31.7 Å². The van der Waals surface area contributed by atoms with Gasteiger partial charge in [-0.2, -0.15) is 5.10 Å². The molecular formula is C12H16N6O. The Morgan fingerprint density at radius 3 is 2.74 bits per heavy atom. The Hall–Kier alpha value is -2.28. The molecule has 0 fully saturated rings. The number of rotatable bonds is 4. The molecule has 2 rings (SSSR count). The average molecular weight is 260 g/mol. The Labute approximate surface area is 110 Å². The molecule has 2 aromatic heterocycles. The summed E-state index contributed by atoms with van der Waals surface area (Å²) in [4.78, 5) is 19.8. The van der Waals surface area contributed by atoms with Gasteiger partial charge in [0, 0.05) is 0 Å². The van der Waals surface area contributed by atoms with Crippen LogP contribution in [0.4, 0.5) is 5.69 Å². The van der Waals surface area contributed by atoms with Crippen LogP contribution in [0.3, 0.4) is 0 Å². The van der Waals surface area contributed by atoms with Gasteiger partial charge in [0.05, 0.1) is 17.9 Å². The van der Waals surface area contributed by atoms with E-state index in [9.17, 15) is 4.79 Å². The van der Waals surface area contributed by atoms with Crippen LogP contribution in [0.2, 0.25) is 0 Å². The van der Waals surface area contributed by atoms with E-state index >= 15 is 0 Å². The predicted molar refractivity (Wildman–Crippen MR) is 70.6 cm³/mol. The zero-order valence-electron chi connectivity index (χ0n) is 10.8. The van der Waals surface area contributed by atoms with E-state index in [0.717, 1.165) is 0 Å². The second kappa shape index (κ2) is 5.57. The van der Waals surface area contributed by atoms with Crippen LogP contribution in [0.5, 0.6) is 0 Å². The van der Waals surface area contributed by atoms with Gasteiger partial charge in [0.2, 0.25) is 5.91 Å². The van der Waals surface area contributed by atoms with Crippen molar-refractivity contribution >= 4 is 11.6 Å². The molecule has 2 heterocycles. The molecule has 3 N–H and O–H groups in total. The number of nitrogens with one attached hydrogen (secondary N) is 1. The standard InChI is InChI=1S/C12H16N6O/c1-8(2)11(13)12(19)17-9-3-4-10(15-5-9)18-7-14-6-16-18/h3-8,11H,13H2,1-2H3,(H,17,19)/t11-/m1/s1. The highest BCUT2D eigenvalue weighted by Gasteiger charge is 2.17. The molecule has 7 nitrogen and oxygen atoms in total. The van der Waals surface area contributed by atoms with Crippen LogP contribution < -0.4 is 11.1 Å². The van der Waals surface area contributed by atoms with Gasteiger partial charge in [0.25, 0.3) is 0 Å². The van der Waals surface area contributed by atoms with Crippen LogP contribution in [0, 0.1) is 5.92 Å². The maximum atomic E-state index is 11.8. The monoisotopic (exact) mass is 260 g/mol. The Bertz CT molecular complexity index is 534. The number of carbonyl (C=O) groups excluding carboxylic acids is 1. The fourth-order valence-electron chi connectivity index (χ4n) is 1.45. The van der Waals surface area contributed by atoms with Gasteiger partial charge >= 0.3 is 0 Å². The van der Waals surface area contributed by atoms with Gasteiger partial charge in [-0.3, -0.25) is 4.79 Å². The quantitative estimate of drug-likeness (QED) is 0.838. The van der Waals surface area contributed by atoms with E-state index in [1.807, 2.05) is 13.8 Å². The molecule has 0 aliphatic heterocycles. The number of amides is 1. The first-order chi connectivity index (χ1) is 9.08. The van der Waals surface area contributed by atoms with Crippen LogP contribution in [0.15, 0.2) is 31.0 Å². The van der Waals surface area contributed by atoms with Gasteiger partial charge in [0.15, 0.2) is 5.82 Å². The number of hydrogen-bond acceptors (Lipinski definition) is 5. The van der Waals surface area contributed by atoms with Gasteiger partial charge in [0.1, 0.15) is 12.7 Å². The van der Waals surface area contributed by atoms with Crippen molar-refractivity contribution in [3.05, 3.63) is 31.0 Å². The highest BCUT2D eigenvalue weighted by molar-refractivity contribution is 5.94. The third-order valence-electron chi connectivity index (χ3n) is 2.69. The highest BCUT2D eigenvalue weighted by atomic mass is 16.2. The van der Waals surface area contributed by atoms with Crippen LogP contribution in [-0.2, 0) is 4.79 Å². The summed E-state index contributed by atoms with van der Waals surface area (Å²) < 4.78 is 1.53. The van der Waals surface area contributed by atoms with Gasteiger partial charge < -0.3 is 11.1 Å². The Kier molecular flexibility index (Phi) is 3.86. The summed E-state index contributed by atoms with van der Waals surface area (Å²) in [5.41, 5.74) is 6.36. The molecule has 0 aliphatic carbocycles. The van der Waals surface area contributed by atoms with Crippen LogP contribution in [0.1, 0.15) is 13.8 Å². The molecule has 0 spiro atoms. The number of hydrogen-bond donors (Lipinski definition) is 2. The van der Waals surface area contributed by atoms with E-state index in [1.165, 1.54) is 11.0 Å². The number of anilines is 1. The van der Waals surface area contributed by atoms with Crippen LogP contribution in [0.25, 0.3) is 5.82 Å². The number of nitrogens with zero attached hydrogens (tertiary/aromatic N) is 4. The Balaban J connectivity index is 2.05. The SMILES string of the molecule is CC(C)[C@@H](N)C(=O)Nc1ccc(-n2cncn2)nc1. The smallest absolute Gasteiger partial charge is 0.241 e. The fourth-order valence-corrected chi connectivity index (χ4v) is 1.45. The fraction of sp³-hybridized carbons (Fsp3) is 0.333. The molecule has 0 aliphatic rings. The van der Waals surface area contributed by atoms with E-state index in [0.29, 0.717) is 11.5 Å². The molecule has 1 atom stereocenters. The molecule has 0 saturated heterocycles. The maximum absolute atomic E-state index is 11.8. The molecule has 0 aromatic carbocycles. The van der Waals surface area contributed by atoms with Crippen LogP contribution >= 0.6 is 0 Å². The lowest BCUT2D eigenvalue weighted by Gasteiger charge is -2.15. The Morgan fingerprint density at radius 1 is 1.42 bits per heavy atom. The zero-order chi connectivity index (χ0) is 13.8. The summed E-state index contributed by atoms with van der Waals surface area (Å²) >= 11 is 0. The van der Waals surface area contributed by atoms with Crippen molar-refractivity contribution in [2.75, 3.05) is 5.32 Å². The first-order valence-electron chi connectivity index (χ1n) is 5.95. The molecule has 1 amide bonds. The second-order valence-electron chi connectivity index (χ2n) is 4.50. The summed E-state index contributed by atoms with van der Waals surface area (Å²) in [5, 5.41) is 6.69. The number of carbonyl (C=O) groups is 1. The van der Waals surface area contributed by atoms with Gasteiger partial charge in [-0.05, 0) is 18.1 Å². The summed E-state index contributed by atoms with van der Waals surface area (Å²) in [6, 6.07) is 2.95. The lowest BCUT2D eigenvalue weighted by Crippen LogP contribution is -2.39. The number of pyridine rings is 1. The van der Waals surface area contributed by atoms with Gasteiger partial charge in [-0.25, -0.2) is 14.6 Å². The third-order valence-corrected chi connectivity index (χ3v) is 2.69. The lowest BCUT2D eigenvalue weighted by atomic mass is 10.1. The minimum Gasteiger partial charge on any atom is -0.323 e. The van der Waals surface area contributed by atoms with E-state index in [2.05, 4.69) is 20.4 Å². The average Bonchev–Trinajstić information content (AvgIpc) is 2.92. The van der Waals surface area contributed by atoms with E-state index in [1.54, 1.807) is 24.7 Å². The molecule has 2 aromatic rings. The molecule has 100 valence electrons. The minimum atomic E-state index is -0.532. The van der Waals surface area contributed by atoms with Crippen molar-refractivity contribution in [1.29, 1.82) is 0 Å². The van der Waals surface area contributed by atoms with Crippen molar-refractivity contribution in [2.24, 2.45) is 11.7 Å². The van der Waals surface area contributed by atoms with Crippen molar-refractivity contribution in [3.8, 4) is 5.82 Å². The van der Waals surface area contributed by atoms with Gasteiger partial charge in [-0.15, -0.1) is 0 Å². The van der Waals surface area contributed by atoms with E-state index in [-0.39, 0.29) is 11.8 Å². The summed E-state index contributed by atoms with van der Waals surface area (Å²) in [6.45, 7) is 3.80. The third kappa shape index (κ3) is 3.14. The first-order valence-corrected chi connectivity index (χ1v) is 5.95. The maximum Gasteiger partial charge on any atom is 0.241 e. The van der Waals surface area contributed by atoms with Crippen molar-refractivity contribution in [2.45, 2.75) is 19.9 Å². The lowest BCUT2D eigenvalue weighted by molar-refractivity contribution is -0.118. The summed E-state index contributed by atoms with van der Waals surface area (Å²) in [5.74, 6) is 0.497. The van der Waals surface area contributed by atoms with Crippen molar-refractivity contribution < 1.29 is 4.79 Å². The molecular weight excluding hydrogens is 244 g/mol. The molecule has 0 radical (unpaired) electrons. The van der Waals surface area contributed by atoms with Gasteiger partial charge in [-0.1, -0.05) is 13.8 Å². The van der Waals surface area contributed by atoms with E-state index < -0.39 is 6.04 Å². The molecule has 0 bridgehead atoms. The van der Waals surface area contributed by atoms with Crippen molar-refractivity contribution in [3.63, 3.8) is 0 Å². The number of aromatic nitrogens is 4. The Morgan fingerprint density at radius 2 is 2.21 bits per heavy atom. The highest BCUT2D eigenvalue weighted by Crippen LogP contribution is 2.10. The molecule has 0 unspecified atom stereocenters. The van der Waals surface area contributed by atoms with E-state index in [4.69, 9.17) is 5.73 Å². The normalized spacial score (nSPS) is 12.4. The number of nitrogens with two attached hydrogens (primary N) is 1. The summed E-state index contributed by atoms with van der Waals surface area (Å²) in [6.07, 6.45) is 4.54. The largest absolute Gasteiger partial charge is 0.323 e. The predicted octanol–water partition coefficient (Wildman–Crippen LogP) is 0.584. The zero-order valence-corrected chi connectivity index (χ0v) is 10.8. The van der Waals surface area contributed by atoms with Crippen molar-refractivity contribution in [1.82, 2.24) is 19.7 Å². The topological polar surface area (TPSA) is 98.7 Å². The molecule has 0 saturated carbocycles. The summed E-state index contributed by atoms with van der Waals surface area (Å²) in [7, 11) is 0. The second-order valence-corrected chi connectivity index (χ2v) is 4.50. The first kappa shape index (κ1) is 13.2.